The van der Waals surface area contributed by atoms with Gasteiger partial charge in [-0.2, -0.15) is 0 Å². The standard InChI is InChI=1S/C17H25N3O.HI/c1-2-18-17(19-12-14-7-5-9-16(14)21)20-11-10-13-6-3-4-8-15(13)20;/h3-4,6,8,14,16,21H,2,5,7,9-12H2,1H3,(H,18,19);1H. The second kappa shape index (κ2) is 8.15. The van der Waals surface area contributed by atoms with Crippen molar-refractivity contribution in [3.8, 4) is 0 Å². The van der Waals surface area contributed by atoms with Crippen molar-refractivity contribution in [1.29, 1.82) is 0 Å². The lowest BCUT2D eigenvalue weighted by molar-refractivity contribution is 0.136. The molecule has 1 heterocycles. The number of anilines is 1. The first-order valence-electron chi connectivity index (χ1n) is 8.11. The zero-order chi connectivity index (χ0) is 14.7. The summed E-state index contributed by atoms with van der Waals surface area (Å²) >= 11 is 0. The molecule has 5 heteroatoms. The number of guanidine groups is 1. The highest BCUT2D eigenvalue weighted by Gasteiger charge is 2.26. The van der Waals surface area contributed by atoms with Crippen LogP contribution in [0.15, 0.2) is 29.3 Å². The number of hydrogen-bond donors (Lipinski definition) is 2. The Morgan fingerprint density at radius 3 is 2.91 bits per heavy atom. The number of aliphatic imine (C=N–C) groups is 1. The highest BCUT2D eigenvalue weighted by Crippen LogP contribution is 2.28. The molecule has 1 aromatic carbocycles. The van der Waals surface area contributed by atoms with Crippen molar-refractivity contribution in [2.75, 3.05) is 24.5 Å². The quantitative estimate of drug-likeness (QED) is 0.454. The molecule has 0 aromatic heterocycles. The summed E-state index contributed by atoms with van der Waals surface area (Å²) in [6.45, 7) is 4.67. The number of para-hydroxylation sites is 1. The van der Waals surface area contributed by atoms with Crippen LogP contribution in [0.5, 0.6) is 0 Å². The summed E-state index contributed by atoms with van der Waals surface area (Å²) in [5.41, 5.74) is 2.66. The first kappa shape index (κ1) is 17.5. The third kappa shape index (κ3) is 3.74. The number of aliphatic hydroxyl groups excluding tert-OH is 1. The number of nitrogens with one attached hydrogen (secondary N) is 1. The number of rotatable bonds is 3. The van der Waals surface area contributed by atoms with Gasteiger partial charge in [0.15, 0.2) is 5.96 Å². The highest BCUT2D eigenvalue weighted by molar-refractivity contribution is 14.0. The van der Waals surface area contributed by atoms with Gasteiger partial charge in [0.2, 0.25) is 0 Å². The zero-order valence-corrected chi connectivity index (χ0v) is 15.5. The summed E-state index contributed by atoms with van der Waals surface area (Å²) in [5.74, 6) is 1.29. The second-order valence-corrected chi connectivity index (χ2v) is 5.98. The van der Waals surface area contributed by atoms with Crippen molar-refractivity contribution >= 4 is 35.6 Å². The van der Waals surface area contributed by atoms with Crippen LogP contribution in [0, 0.1) is 5.92 Å². The van der Waals surface area contributed by atoms with Crippen molar-refractivity contribution < 1.29 is 5.11 Å². The predicted molar refractivity (Wildman–Crippen MR) is 102 cm³/mol. The minimum absolute atomic E-state index is 0. The van der Waals surface area contributed by atoms with Gasteiger partial charge in [-0.05, 0) is 37.8 Å². The van der Waals surface area contributed by atoms with Crippen LogP contribution in [0.4, 0.5) is 5.69 Å². The highest BCUT2D eigenvalue weighted by atomic mass is 127. The molecular formula is C17H26IN3O. The Hall–Kier alpha value is -0.820. The van der Waals surface area contributed by atoms with Gasteiger partial charge in [0, 0.05) is 31.2 Å². The average molecular weight is 415 g/mol. The lowest BCUT2D eigenvalue weighted by Gasteiger charge is -2.23. The number of fused-ring (bicyclic) bond motifs is 1. The van der Waals surface area contributed by atoms with Gasteiger partial charge in [-0.3, -0.25) is 4.99 Å². The van der Waals surface area contributed by atoms with Gasteiger partial charge in [0.1, 0.15) is 0 Å². The Bertz CT molecular complexity index is 520. The van der Waals surface area contributed by atoms with E-state index in [1.807, 2.05) is 0 Å². The third-order valence-corrected chi connectivity index (χ3v) is 4.57. The molecule has 0 spiro atoms. The van der Waals surface area contributed by atoms with Crippen LogP contribution in [0.3, 0.4) is 0 Å². The average Bonchev–Trinajstić information content (AvgIpc) is 3.10. The summed E-state index contributed by atoms with van der Waals surface area (Å²) in [6, 6.07) is 8.54. The van der Waals surface area contributed by atoms with E-state index in [9.17, 15) is 5.11 Å². The van der Waals surface area contributed by atoms with Crippen LogP contribution < -0.4 is 10.2 Å². The maximum absolute atomic E-state index is 9.95. The Morgan fingerprint density at radius 1 is 1.36 bits per heavy atom. The molecule has 122 valence electrons. The van der Waals surface area contributed by atoms with Gasteiger partial charge in [0.05, 0.1) is 6.10 Å². The van der Waals surface area contributed by atoms with Crippen molar-refractivity contribution in [3.05, 3.63) is 29.8 Å². The first-order chi connectivity index (χ1) is 10.3. The van der Waals surface area contributed by atoms with Crippen LogP contribution in [0.2, 0.25) is 0 Å². The number of halogens is 1. The van der Waals surface area contributed by atoms with Gasteiger partial charge in [0.25, 0.3) is 0 Å². The maximum Gasteiger partial charge on any atom is 0.198 e. The molecule has 0 radical (unpaired) electrons. The molecule has 2 aliphatic rings. The van der Waals surface area contributed by atoms with Crippen LogP contribution in [-0.4, -0.2) is 36.8 Å². The monoisotopic (exact) mass is 415 g/mol. The SMILES string of the molecule is CCNC(=NCC1CCCC1O)N1CCc2ccccc21.I. The molecule has 2 unspecified atom stereocenters. The van der Waals surface area contributed by atoms with Gasteiger partial charge in [-0.15, -0.1) is 24.0 Å². The largest absolute Gasteiger partial charge is 0.393 e. The Balaban J connectivity index is 0.00000176. The predicted octanol–water partition coefficient (Wildman–Crippen LogP) is 2.79. The molecule has 22 heavy (non-hydrogen) atoms. The Labute approximate surface area is 150 Å². The fourth-order valence-corrected chi connectivity index (χ4v) is 3.39. The van der Waals surface area contributed by atoms with Crippen molar-refractivity contribution in [2.24, 2.45) is 10.9 Å². The fraction of sp³-hybridized carbons (Fsp3) is 0.588. The van der Waals surface area contributed by atoms with Gasteiger partial charge >= 0.3 is 0 Å². The lowest BCUT2D eigenvalue weighted by Crippen LogP contribution is -2.41. The first-order valence-corrected chi connectivity index (χ1v) is 8.11. The smallest absolute Gasteiger partial charge is 0.198 e. The summed E-state index contributed by atoms with van der Waals surface area (Å²) in [4.78, 5) is 7.08. The van der Waals surface area contributed by atoms with Crippen LogP contribution in [-0.2, 0) is 6.42 Å². The van der Waals surface area contributed by atoms with Gasteiger partial charge < -0.3 is 15.3 Å². The van der Waals surface area contributed by atoms with Crippen molar-refractivity contribution in [1.82, 2.24) is 5.32 Å². The second-order valence-electron chi connectivity index (χ2n) is 5.98. The fourth-order valence-electron chi connectivity index (χ4n) is 3.39. The van der Waals surface area contributed by atoms with E-state index >= 15 is 0 Å². The molecule has 0 bridgehead atoms. The normalized spacial score (nSPS) is 24.1. The van der Waals surface area contributed by atoms with Crippen LogP contribution >= 0.6 is 24.0 Å². The van der Waals surface area contributed by atoms with Crippen molar-refractivity contribution in [3.63, 3.8) is 0 Å². The number of hydrogen-bond acceptors (Lipinski definition) is 2. The summed E-state index contributed by atoms with van der Waals surface area (Å²) < 4.78 is 0. The Kier molecular flexibility index (Phi) is 6.50. The molecule has 1 aromatic rings. The molecule has 4 nitrogen and oxygen atoms in total. The molecule has 1 saturated carbocycles. The van der Waals surface area contributed by atoms with E-state index < -0.39 is 0 Å². The molecule has 0 saturated heterocycles. The van der Waals surface area contributed by atoms with Crippen LogP contribution in [0.1, 0.15) is 31.7 Å². The van der Waals surface area contributed by atoms with E-state index in [2.05, 4.69) is 41.4 Å². The van der Waals surface area contributed by atoms with Crippen molar-refractivity contribution in [2.45, 2.75) is 38.7 Å². The summed E-state index contributed by atoms with van der Waals surface area (Å²) in [7, 11) is 0. The number of benzene rings is 1. The Morgan fingerprint density at radius 2 is 2.18 bits per heavy atom. The minimum atomic E-state index is -0.164. The maximum atomic E-state index is 9.95. The van der Waals surface area contributed by atoms with E-state index in [4.69, 9.17) is 4.99 Å². The topological polar surface area (TPSA) is 47.9 Å². The molecule has 1 fully saturated rings. The van der Waals surface area contributed by atoms with E-state index in [0.717, 1.165) is 51.3 Å². The number of nitrogens with zero attached hydrogens (tertiary/aromatic N) is 2. The third-order valence-electron chi connectivity index (χ3n) is 4.57. The van der Waals surface area contributed by atoms with E-state index in [0.29, 0.717) is 5.92 Å². The summed E-state index contributed by atoms with van der Waals surface area (Å²) in [5, 5.41) is 13.4. The van der Waals surface area contributed by atoms with Gasteiger partial charge in [-0.1, -0.05) is 24.6 Å². The lowest BCUT2D eigenvalue weighted by atomic mass is 10.1. The molecular weight excluding hydrogens is 389 g/mol. The van der Waals surface area contributed by atoms with E-state index in [1.165, 1.54) is 11.3 Å². The van der Waals surface area contributed by atoms with E-state index in [-0.39, 0.29) is 30.1 Å². The zero-order valence-electron chi connectivity index (χ0n) is 13.2. The molecule has 2 N–H and O–H groups in total. The molecule has 3 rings (SSSR count). The van der Waals surface area contributed by atoms with Gasteiger partial charge in [-0.25, -0.2) is 0 Å². The van der Waals surface area contributed by atoms with E-state index in [1.54, 1.807) is 0 Å². The molecule has 0 amide bonds. The molecule has 1 aliphatic carbocycles. The minimum Gasteiger partial charge on any atom is -0.393 e. The molecule has 1 aliphatic heterocycles. The summed E-state index contributed by atoms with van der Waals surface area (Å²) in [6.07, 6.45) is 4.07. The van der Waals surface area contributed by atoms with Crippen LogP contribution in [0.25, 0.3) is 0 Å². The number of aliphatic hydroxyl groups is 1. The molecule has 2 atom stereocenters.